The van der Waals surface area contributed by atoms with E-state index in [4.69, 9.17) is 4.74 Å². The first-order valence-corrected chi connectivity index (χ1v) is 8.14. The monoisotopic (exact) mass is 299 g/mol. The molecule has 3 heterocycles. The maximum absolute atomic E-state index is 12.2. The Morgan fingerprint density at radius 2 is 2.18 bits per heavy atom. The Balaban J connectivity index is 1.61. The second kappa shape index (κ2) is 5.82. The number of ether oxygens (including phenoxy) is 1. The summed E-state index contributed by atoms with van der Waals surface area (Å²) in [5.74, 6) is 0. The quantitative estimate of drug-likeness (QED) is 0.849. The minimum absolute atomic E-state index is 0.00551. The second-order valence-electron chi connectivity index (χ2n) is 6.25. The highest BCUT2D eigenvalue weighted by atomic mass is 16.5. The molecule has 0 N–H and O–H groups in total. The van der Waals surface area contributed by atoms with Crippen molar-refractivity contribution < 1.29 is 4.74 Å². The van der Waals surface area contributed by atoms with Crippen molar-refractivity contribution in [2.45, 2.75) is 44.4 Å². The Morgan fingerprint density at radius 1 is 1.27 bits per heavy atom. The number of pyridine rings is 1. The minimum atomic E-state index is -0.00551. The Labute approximate surface area is 129 Å². The van der Waals surface area contributed by atoms with Crippen molar-refractivity contribution in [2.24, 2.45) is 0 Å². The predicted molar refractivity (Wildman–Crippen MR) is 83.9 cm³/mol. The summed E-state index contributed by atoms with van der Waals surface area (Å²) in [5, 5.41) is 0. The minimum Gasteiger partial charge on any atom is -0.375 e. The van der Waals surface area contributed by atoms with Crippen molar-refractivity contribution in [1.29, 1.82) is 0 Å². The van der Waals surface area contributed by atoms with Gasteiger partial charge < -0.3 is 4.74 Å². The molecule has 0 unspecified atom stereocenters. The smallest absolute Gasteiger partial charge is 0.258 e. The molecule has 0 radical (unpaired) electrons. The average Bonchev–Trinajstić information content (AvgIpc) is 2.55. The van der Waals surface area contributed by atoms with Gasteiger partial charge in [-0.15, -0.1) is 0 Å². The van der Waals surface area contributed by atoms with Gasteiger partial charge in [-0.1, -0.05) is 18.9 Å². The lowest BCUT2D eigenvalue weighted by Gasteiger charge is -2.43. The second-order valence-corrected chi connectivity index (χ2v) is 6.25. The van der Waals surface area contributed by atoms with Crippen LogP contribution in [0.2, 0.25) is 0 Å². The van der Waals surface area contributed by atoms with Gasteiger partial charge in [0.05, 0.1) is 18.4 Å². The topological polar surface area (TPSA) is 46.8 Å². The number of nitrogens with zero attached hydrogens (tertiary/aromatic N) is 3. The number of hydrogen-bond acceptors (Lipinski definition) is 4. The van der Waals surface area contributed by atoms with Crippen LogP contribution in [0, 0.1) is 0 Å². The van der Waals surface area contributed by atoms with Crippen LogP contribution in [-0.4, -0.2) is 39.6 Å². The summed E-state index contributed by atoms with van der Waals surface area (Å²) in [6.45, 7) is 2.45. The Morgan fingerprint density at radius 3 is 3.14 bits per heavy atom. The first-order chi connectivity index (χ1) is 10.8. The van der Waals surface area contributed by atoms with Crippen molar-refractivity contribution >= 4 is 5.65 Å². The molecule has 1 aliphatic heterocycles. The summed E-state index contributed by atoms with van der Waals surface area (Å²) in [6, 6.07) is 7.80. The molecular weight excluding hydrogens is 278 g/mol. The zero-order chi connectivity index (χ0) is 14.9. The van der Waals surface area contributed by atoms with Gasteiger partial charge in [-0.2, -0.15) is 0 Å². The third-order valence-corrected chi connectivity index (χ3v) is 4.84. The van der Waals surface area contributed by atoms with Crippen LogP contribution in [-0.2, 0) is 11.3 Å². The van der Waals surface area contributed by atoms with Gasteiger partial charge >= 0.3 is 0 Å². The van der Waals surface area contributed by atoms with Crippen molar-refractivity contribution in [1.82, 2.24) is 14.3 Å². The van der Waals surface area contributed by atoms with E-state index >= 15 is 0 Å². The van der Waals surface area contributed by atoms with Gasteiger partial charge in [0.1, 0.15) is 5.65 Å². The Kier molecular flexibility index (Phi) is 3.68. The highest BCUT2D eigenvalue weighted by Crippen LogP contribution is 2.29. The van der Waals surface area contributed by atoms with Crippen LogP contribution >= 0.6 is 0 Å². The molecule has 0 aromatic carbocycles. The van der Waals surface area contributed by atoms with Gasteiger partial charge in [-0.05, 0) is 25.0 Å². The molecule has 4 rings (SSSR count). The van der Waals surface area contributed by atoms with Crippen molar-refractivity contribution in [2.75, 3.05) is 13.2 Å². The molecule has 2 aliphatic rings. The Hall–Kier alpha value is -1.72. The standard InChI is InChI=1S/C17H21N3O2/c21-17-11-13(18-16-7-3-4-8-20(16)17)12-19-9-10-22-15-6-2-1-5-14(15)19/h3-4,7-8,11,14-15H,1-2,5-6,9-10,12H2/t14-,15+/m1/s1. The first kappa shape index (κ1) is 13.9. The molecule has 2 atom stereocenters. The molecule has 22 heavy (non-hydrogen) atoms. The largest absolute Gasteiger partial charge is 0.375 e. The number of hydrogen-bond donors (Lipinski definition) is 0. The van der Waals surface area contributed by atoms with Crippen LogP contribution in [0.4, 0.5) is 0 Å². The summed E-state index contributed by atoms with van der Waals surface area (Å²) >= 11 is 0. The first-order valence-electron chi connectivity index (χ1n) is 8.14. The highest BCUT2D eigenvalue weighted by Gasteiger charge is 2.34. The molecule has 2 aromatic rings. The maximum atomic E-state index is 12.2. The van der Waals surface area contributed by atoms with E-state index in [-0.39, 0.29) is 5.56 Å². The van der Waals surface area contributed by atoms with Crippen molar-refractivity contribution in [3.63, 3.8) is 0 Å². The summed E-state index contributed by atoms with van der Waals surface area (Å²) in [4.78, 5) is 19.3. The molecule has 5 nitrogen and oxygen atoms in total. The lowest BCUT2D eigenvalue weighted by Crippen LogP contribution is -2.52. The van der Waals surface area contributed by atoms with Crippen LogP contribution in [0.1, 0.15) is 31.4 Å². The zero-order valence-electron chi connectivity index (χ0n) is 12.6. The van der Waals surface area contributed by atoms with E-state index in [9.17, 15) is 4.79 Å². The predicted octanol–water partition coefficient (Wildman–Crippen LogP) is 1.84. The van der Waals surface area contributed by atoms with Gasteiger partial charge in [0.15, 0.2) is 0 Å². The van der Waals surface area contributed by atoms with Gasteiger partial charge in [-0.3, -0.25) is 14.1 Å². The summed E-state index contributed by atoms with van der Waals surface area (Å²) in [6.07, 6.45) is 7.02. The van der Waals surface area contributed by atoms with Crippen LogP contribution in [0.15, 0.2) is 35.3 Å². The SMILES string of the molecule is O=c1cc(CN2CCO[C@H]3CCCC[C@H]32)nc2ccccn12. The third kappa shape index (κ3) is 2.55. The van der Waals surface area contributed by atoms with Gasteiger partial charge in [0.25, 0.3) is 5.56 Å². The number of rotatable bonds is 2. The normalized spacial score (nSPS) is 26.0. The number of morpholine rings is 1. The maximum Gasteiger partial charge on any atom is 0.258 e. The van der Waals surface area contributed by atoms with E-state index in [1.165, 1.54) is 19.3 Å². The highest BCUT2D eigenvalue weighted by molar-refractivity contribution is 5.38. The lowest BCUT2D eigenvalue weighted by molar-refractivity contribution is -0.0914. The molecule has 1 saturated carbocycles. The average molecular weight is 299 g/mol. The molecule has 116 valence electrons. The van der Waals surface area contributed by atoms with Crippen molar-refractivity contribution in [3.8, 4) is 0 Å². The summed E-state index contributed by atoms with van der Waals surface area (Å²) < 4.78 is 7.51. The molecule has 5 heteroatoms. The fourth-order valence-electron chi connectivity index (χ4n) is 3.76. The van der Waals surface area contributed by atoms with Gasteiger partial charge in [-0.25, -0.2) is 4.98 Å². The molecule has 1 saturated heterocycles. The zero-order valence-corrected chi connectivity index (χ0v) is 12.6. The van der Waals surface area contributed by atoms with E-state index < -0.39 is 0 Å². The van der Waals surface area contributed by atoms with Gasteiger partial charge in [0.2, 0.25) is 0 Å². The van der Waals surface area contributed by atoms with E-state index in [1.807, 2.05) is 18.2 Å². The summed E-state index contributed by atoms with van der Waals surface area (Å²) in [7, 11) is 0. The number of fused-ring (bicyclic) bond motifs is 2. The van der Waals surface area contributed by atoms with Crippen LogP contribution in [0.5, 0.6) is 0 Å². The molecule has 2 aromatic heterocycles. The molecule has 2 fully saturated rings. The fourth-order valence-corrected chi connectivity index (χ4v) is 3.76. The Bertz CT molecular complexity index is 725. The summed E-state index contributed by atoms with van der Waals surface area (Å²) in [5.41, 5.74) is 1.58. The van der Waals surface area contributed by atoms with Crippen LogP contribution in [0.25, 0.3) is 5.65 Å². The third-order valence-electron chi connectivity index (χ3n) is 4.84. The molecule has 0 spiro atoms. The number of aromatic nitrogens is 2. The van der Waals surface area contributed by atoms with Crippen LogP contribution in [0.3, 0.4) is 0 Å². The van der Waals surface area contributed by atoms with Crippen LogP contribution < -0.4 is 5.56 Å². The van der Waals surface area contributed by atoms with E-state index in [2.05, 4.69) is 9.88 Å². The molecule has 0 amide bonds. The van der Waals surface area contributed by atoms with E-state index in [0.717, 1.165) is 37.5 Å². The van der Waals surface area contributed by atoms with E-state index in [0.29, 0.717) is 12.1 Å². The fraction of sp³-hybridized carbons (Fsp3) is 0.529. The van der Waals surface area contributed by atoms with Crippen molar-refractivity contribution in [3.05, 3.63) is 46.5 Å². The van der Waals surface area contributed by atoms with E-state index in [1.54, 1.807) is 16.7 Å². The molecule has 1 aliphatic carbocycles. The lowest BCUT2D eigenvalue weighted by atomic mass is 9.90. The molecular formula is C17H21N3O2. The molecule has 0 bridgehead atoms. The van der Waals surface area contributed by atoms with Gasteiger partial charge in [0, 0.05) is 31.4 Å².